The summed E-state index contributed by atoms with van der Waals surface area (Å²) < 4.78 is 0. The maximum Gasteiger partial charge on any atom is 0.0914 e. The summed E-state index contributed by atoms with van der Waals surface area (Å²) in [6.07, 6.45) is 8.67. The molecule has 1 aromatic rings. The molecule has 1 aliphatic carbocycles. The Morgan fingerprint density at radius 3 is 2.65 bits per heavy atom. The van der Waals surface area contributed by atoms with E-state index in [1.54, 1.807) is 0 Å². The zero-order valence-corrected chi connectivity index (χ0v) is 16.1. The average Bonchev–Trinajstić information content (AvgIpc) is 2.55. The lowest BCUT2D eigenvalue weighted by Crippen LogP contribution is -2.34. The molecule has 0 spiro atoms. The van der Waals surface area contributed by atoms with Crippen molar-refractivity contribution in [1.29, 1.82) is 0 Å². The van der Waals surface area contributed by atoms with Gasteiger partial charge in [0, 0.05) is 17.5 Å². The first-order valence-corrected chi connectivity index (χ1v) is 9.84. The second kappa shape index (κ2) is 11.4. The van der Waals surface area contributed by atoms with E-state index in [-0.39, 0.29) is 12.4 Å². The van der Waals surface area contributed by atoms with Gasteiger partial charge in [-0.1, -0.05) is 44.7 Å². The SMILES string of the molecule is CCCCSc1ccc(C(O)CNC2CCCCC2)cc1C.Cl. The van der Waals surface area contributed by atoms with Crippen LogP contribution in [0.3, 0.4) is 0 Å². The van der Waals surface area contributed by atoms with E-state index >= 15 is 0 Å². The molecule has 1 aromatic carbocycles. The fourth-order valence-electron chi connectivity index (χ4n) is 3.07. The monoisotopic (exact) mass is 357 g/mol. The highest BCUT2D eigenvalue weighted by atomic mass is 35.5. The molecule has 0 bridgehead atoms. The topological polar surface area (TPSA) is 32.3 Å². The van der Waals surface area contributed by atoms with Crippen molar-refractivity contribution in [3.05, 3.63) is 29.3 Å². The molecular weight excluding hydrogens is 326 g/mol. The number of aryl methyl sites for hydroxylation is 1. The molecule has 1 aliphatic rings. The van der Waals surface area contributed by atoms with E-state index < -0.39 is 6.10 Å². The van der Waals surface area contributed by atoms with Gasteiger partial charge in [-0.2, -0.15) is 0 Å². The van der Waals surface area contributed by atoms with Crippen LogP contribution in [0.1, 0.15) is 69.1 Å². The van der Waals surface area contributed by atoms with Gasteiger partial charge in [-0.25, -0.2) is 0 Å². The molecule has 2 N–H and O–H groups in total. The summed E-state index contributed by atoms with van der Waals surface area (Å²) in [6, 6.07) is 7.03. The van der Waals surface area contributed by atoms with Gasteiger partial charge in [0.2, 0.25) is 0 Å². The zero-order valence-electron chi connectivity index (χ0n) is 14.5. The largest absolute Gasteiger partial charge is 0.387 e. The van der Waals surface area contributed by atoms with Crippen LogP contribution in [0, 0.1) is 6.92 Å². The molecule has 0 saturated heterocycles. The molecule has 1 fully saturated rings. The Kier molecular flexibility index (Phi) is 10.3. The number of aliphatic hydroxyl groups excluding tert-OH is 1. The summed E-state index contributed by atoms with van der Waals surface area (Å²) in [5.41, 5.74) is 2.33. The summed E-state index contributed by atoms with van der Waals surface area (Å²) >= 11 is 1.93. The van der Waals surface area contributed by atoms with Gasteiger partial charge in [0.25, 0.3) is 0 Å². The number of nitrogens with one attached hydrogen (secondary N) is 1. The van der Waals surface area contributed by atoms with Gasteiger partial charge in [0.05, 0.1) is 6.10 Å². The van der Waals surface area contributed by atoms with E-state index in [0.29, 0.717) is 12.6 Å². The van der Waals surface area contributed by atoms with Crippen molar-refractivity contribution in [2.24, 2.45) is 0 Å². The Labute approximate surface area is 152 Å². The third-order valence-corrected chi connectivity index (χ3v) is 5.81. The van der Waals surface area contributed by atoms with Crippen LogP contribution in [0.25, 0.3) is 0 Å². The molecule has 0 aromatic heterocycles. The molecule has 0 heterocycles. The van der Waals surface area contributed by atoms with E-state index in [9.17, 15) is 5.11 Å². The van der Waals surface area contributed by atoms with Crippen LogP contribution >= 0.6 is 24.2 Å². The molecule has 0 radical (unpaired) electrons. The predicted molar refractivity (Wildman–Crippen MR) is 104 cm³/mol. The minimum absolute atomic E-state index is 0. The van der Waals surface area contributed by atoms with Crippen molar-refractivity contribution in [2.45, 2.75) is 75.8 Å². The Balaban J connectivity index is 0.00000264. The van der Waals surface area contributed by atoms with Gasteiger partial charge in [0.1, 0.15) is 0 Å². The fourth-order valence-corrected chi connectivity index (χ4v) is 4.17. The van der Waals surface area contributed by atoms with Crippen LogP contribution in [0.15, 0.2) is 23.1 Å². The first kappa shape index (κ1) is 20.8. The Morgan fingerprint density at radius 1 is 1.26 bits per heavy atom. The van der Waals surface area contributed by atoms with E-state index in [1.807, 2.05) is 11.8 Å². The summed E-state index contributed by atoms with van der Waals surface area (Å²) in [6.45, 7) is 5.05. The van der Waals surface area contributed by atoms with Crippen LogP contribution in [0.4, 0.5) is 0 Å². The maximum atomic E-state index is 10.4. The summed E-state index contributed by atoms with van der Waals surface area (Å²) in [4.78, 5) is 1.35. The standard InChI is InChI=1S/C19H31NOS.ClH/c1-3-4-12-22-19-11-10-16(13-15(19)2)18(21)14-20-17-8-6-5-7-9-17;/h10-11,13,17-18,20-21H,3-9,12,14H2,1-2H3;1H. The van der Waals surface area contributed by atoms with Crippen molar-refractivity contribution in [3.8, 4) is 0 Å². The Bertz CT molecular complexity index is 449. The van der Waals surface area contributed by atoms with E-state index in [4.69, 9.17) is 0 Å². The van der Waals surface area contributed by atoms with Crippen LogP contribution in [0.5, 0.6) is 0 Å². The number of thioether (sulfide) groups is 1. The minimum Gasteiger partial charge on any atom is -0.387 e. The van der Waals surface area contributed by atoms with Crippen molar-refractivity contribution < 1.29 is 5.11 Å². The molecule has 23 heavy (non-hydrogen) atoms. The molecular formula is C19H32ClNOS. The highest BCUT2D eigenvalue weighted by Crippen LogP contribution is 2.26. The number of unbranched alkanes of at least 4 members (excludes halogenated alkanes) is 1. The van der Waals surface area contributed by atoms with Crippen LogP contribution in [0.2, 0.25) is 0 Å². The Morgan fingerprint density at radius 2 is 2.00 bits per heavy atom. The van der Waals surface area contributed by atoms with Crippen LogP contribution in [-0.4, -0.2) is 23.4 Å². The highest BCUT2D eigenvalue weighted by molar-refractivity contribution is 7.99. The number of halogens is 1. The van der Waals surface area contributed by atoms with Gasteiger partial charge in [-0.15, -0.1) is 24.2 Å². The minimum atomic E-state index is -0.393. The number of benzene rings is 1. The highest BCUT2D eigenvalue weighted by Gasteiger charge is 2.15. The van der Waals surface area contributed by atoms with Gasteiger partial charge in [0.15, 0.2) is 0 Å². The molecule has 2 rings (SSSR count). The van der Waals surface area contributed by atoms with Gasteiger partial charge >= 0.3 is 0 Å². The number of hydrogen-bond donors (Lipinski definition) is 2. The summed E-state index contributed by atoms with van der Waals surface area (Å²) in [5, 5.41) is 14.0. The molecule has 0 amide bonds. The van der Waals surface area contributed by atoms with E-state index in [2.05, 4.69) is 37.4 Å². The van der Waals surface area contributed by atoms with Crippen LogP contribution < -0.4 is 5.32 Å². The van der Waals surface area contributed by atoms with Crippen molar-refractivity contribution in [2.75, 3.05) is 12.3 Å². The van der Waals surface area contributed by atoms with Crippen molar-refractivity contribution in [1.82, 2.24) is 5.32 Å². The number of aliphatic hydroxyl groups is 1. The first-order chi connectivity index (χ1) is 10.7. The molecule has 4 heteroatoms. The first-order valence-electron chi connectivity index (χ1n) is 8.85. The summed E-state index contributed by atoms with van der Waals surface area (Å²) in [5.74, 6) is 1.18. The third kappa shape index (κ3) is 7.04. The molecule has 132 valence electrons. The molecule has 0 aliphatic heterocycles. The third-order valence-electron chi connectivity index (χ3n) is 4.54. The quantitative estimate of drug-likeness (QED) is 0.491. The maximum absolute atomic E-state index is 10.4. The van der Waals surface area contributed by atoms with Gasteiger partial charge in [-0.3, -0.25) is 0 Å². The fraction of sp³-hybridized carbons (Fsp3) is 0.684. The predicted octanol–water partition coefficient (Wildman–Crippen LogP) is 5.26. The van der Waals surface area contributed by atoms with Crippen molar-refractivity contribution >= 4 is 24.2 Å². The molecule has 1 unspecified atom stereocenters. The molecule has 2 nitrogen and oxygen atoms in total. The normalized spacial score (nSPS) is 16.8. The lowest BCUT2D eigenvalue weighted by atomic mass is 9.95. The van der Waals surface area contributed by atoms with E-state index in [1.165, 1.54) is 61.2 Å². The van der Waals surface area contributed by atoms with Gasteiger partial charge < -0.3 is 10.4 Å². The van der Waals surface area contributed by atoms with Crippen molar-refractivity contribution in [3.63, 3.8) is 0 Å². The van der Waals surface area contributed by atoms with Crippen LogP contribution in [-0.2, 0) is 0 Å². The number of rotatable bonds is 8. The summed E-state index contributed by atoms with van der Waals surface area (Å²) in [7, 11) is 0. The molecule has 1 saturated carbocycles. The zero-order chi connectivity index (χ0) is 15.8. The van der Waals surface area contributed by atoms with E-state index in [0.717, 1.165) is 5.56 Å². The average molecular weight is 358 g/mol. The smallest absolute Gasteiger partial charge is 0.0914 e. The second-order valence-corrected chi connectivity index (χ2v) is 7.62. The second-order valence-electron chi connectivity index (χ2n) is 6.49. The Hall–Kier alpha value is -0.220. The number of hydrogen-bond acceptors (Lipinski definition) is 3. The van der Waals surface area contributed by atoms with Gasteiger partial charge in [-0.05, 0) is 49.1 Å². The lowest BCUT2D eigenvalue weighted by Gasteiger charge is -2.24. The molecule has 1 atom stereocenters. The lowest BCUT2D eigenvalue weighted by molar-refractivity contribution is 0.165.